The SMILES string of the molecule is CCc1ccc(CO/N=[C]\c2cccc(C(F)(F)F)c2)cc1. The fourth-order valence-corrected chi connectivity index (χ4v) is 1.83. The van der Waals surface area contributed by atoms with Crippen LogP contribution in [0, 0.1) is 0 Å². The predicted molar refractivity (Wildman–Crippen MR) is 78.6 cm³/mol. The first kappa shape index (κ1) is 16.1. The van der Waals surface area contributed by atoms with Crippen molar-refractivity contribution >= 4 is 6.21 Å². The summed E-state index contributed by atoms with van der Waals surface area (Å²) in [6, 6.07) is 12.6. The Morgan fingerprint density at radius 2 is 1.73 bits per heavy atom. The quantitative estimate of drug-likeness (QED) is 0.580. The first-order valence-corrected chi connectivity index (χ1v) is 6.82. The average molecular weight is 306 g/mol. The molecule has 0 aliphatic carbocycles. The number of benzene rings is 2. The van der Waals surface area contributed by atoms with Gasteiger partial charge in [0.25, 0.3) is 0 Å². The Morgan fingerprint density at radius 3 is 2.36 bits per heavy atom. The van der Waals surface area contributed by atoms with Crippen LogP contribution in [0.15, 0.2) is 53.7 Å². The topological polar surface area (TPSA) is 21.6 Å². The van der Waals surface area contributed by atoms with E-state index < -0.39 is 11.7 Å². The molecule has 0 atom stereocenters. The van der Waals surface area contributed by atoms with Crippen molar-refractivity contribution in [1.82, 2.24) is 0 Å². The van der Waals surface area contributed by atoms with Crippen LogP contribution in [0.5, 0.6) is 0 Å². The largest absolute Gasteiger partial charge is 0.416 e. The summed E-state index contributed by atoms with van der Waals surface area (Å²) in [5.74, 6) is 0. The third kappa shape index (κ3) is 4.62. The number of hydrogen-bond donors (Lipinski definition) is 0. The van der Waals surface area contributed by atoms with Gasteiger partial charge in [-0.25, -0.2) is 0 Å². The lowest BCUT2D eigenvalue weighted by atomic mass is 10.1. The highest BCUT2D eigenvalue weighted by atomic mass is 19.4. The molecule has 115 valence electrons. The molecule has 22 heavy (non-hydrogen) atoms. The van der Waals surface area contributed by atoms with Crippen LogP contribution in [0.4, 0.5) is 13.2 Å². The van der Waals surface area contributed by atoms with Crippen LogP contribution in [-0.4, -0.2) is 6.21 Å². The van der Waals surface area contributed by atoms with Crippen LogP contribution >= 0.6 is 0 Å². The molecule has 0 saturated carbocycles. The second-order valence-electron chi connectivity index (χ2n) is 4.73. The van der Waals surface area contributed by atoms with Crippen molar-refractivity contribution in [2.75, 3.05) is 0 Å². The third-order valence-corrected chi connectivity index (χ3v) is 3.09. The normalized spacial score (nSPS) is 11.8. The molecule has 0 saturated heterocycles. The van der Waals surface area contributed by atoms with Crippen LogP contribution in [0.25, 0.3) is 0 Å². The van der Waals surface area contributed by atoms with Gasteiger partial charge in [-0.1, -0.05) is 48.5 Å². The van der Waals surface area contributed by atoms with Gasteiger partial charge in [0.2, 0.25) is 0 Å². The maximum atomic E-state index is 12.5. The number of halogens is 3. The van der Waals surface area contributed by atoms with Gasteiger partial charge in [-0.3, -0.25) is 0 Å². The number of nitrogens with zero attached hydrogens (tertiary/aromatic N) is 1. The molecule has 0 aliphatic rings. The van der Waals surface area contributed by atoms with Crippen LogP contribution in [0.2, 0.25) is 0 Å². The minimum absolute atomic E-state index is 0.219. The molecule has 1 radical (unpaired) electrons. The molecule has 2 nitrogen and oxygen atoms in total. The highest BCUT2D eigenvalue weighted by Gasteiger charge is 2.30. The molecule has 0 fully saturated rings. The highest BCUT2D eigenvalue weighted by molar-refractivity contribution is 5.79. The van der Waals surface area contributed by atoms with E-state index in [0.29, 0.717) is 0 Å². The lowest BCUT2D eigenvalue weighted by Crippen LogP contribution is -2.05. The van der Waals surface area contributed by atoms with E-state index in [0.717, 1.165) is 24.1 Å². The summed E-state index contributed by atoms with van der Waals surface area (Å²) in [5.41, 5.74) is 1.65. The summed E-state index contributed by atoms with van der Waals surface area (Å²) in [4.78, 5) is 5.06. The summed E-state index contributed by atoms with van der Waals surface area (Å²) >= 11 is 0. The maximum Gasteiger partial charge on any atom is 0.416 e. The molecule has 0 N–H and O–H groups in total. The maximum absolute atomic E-state index is 12.5. The number of hydrogen-bond acceptors (Lipinski definition) is 2. The predicted octanol–water partition coefficient (Wildman–Crippen LogP) is 4.70. The van der Waals surface area contributed by atoms with Crippen LogP contribution < -0.4 is 0 Å². The molecular weight excluding hydrogens is 291 g/mol. The van der Waals surface area contributed by atoms with Crippen molar-refractivity contribution in [3.05, 3.63) is 70.8 Å². The molecule has 0 heterocycles. The Morgan fingerprint density at radius 1 is 1.05 bits per heavy atom. The summed E-state index contributed by atoms with van der Waals surface area (Å²) in [6.07, 6.45) is -0.962. The first-order chi connectivity index (χ1) is 10.5. The fraction of sp³-hybridized carbons (Fsp3) is 0.235. The van der Waals surface area contributed by atoms with Gasteiger partial charge in [-0.15, -0.1) is 0 Å². The van der Waals surface area contributed by atoms with E-state index >= 15 is 0 Å². The Labute approximate surface area is 127 Å². The Hall–Kier alpha value is -2.30. The molecular formula is C17H15F3NO. The highest BCUT2D eigenvalue weighted by Crippen LogP contribution is 2.29. The molecule has 5 heteroatoms. The van der Waals surface area contributed by atoms with E-state index in [-0.39, 0.29) is 12.2 Å². The van der Waals surface area contributed by atoms with E-state index in [2.05, 4.69) is 18.3 Å². The van der Waals surface area contributed by atoms with Gasteiger partial charge < -0.3 is 4.84 Å². The van der Waals surface area contributed by atoms with Crippen LogP contribution in [0.1, 0.15) is 29.2 Å². The van der Waals surface area contributed by atoms with Gasteiger partial charge in [0, 0.05) is 5.56 Å². The van der Waals surface area contributed by atoms with Crippen molar-refractivity contribution in [1.29, 1.82) is 0 Å². The van der Waals surface area contributed by atoms with E-state index in [1.54, 1.807) is 0 Å². The van der Waals surface area contributed by atoms with Crippen molar-refractivity contribution < 1.29 is 18.0 Å². The lowest BCUT2D eigenvalue weighted by molar-refractivity contribution is -0.137. The zero-order chi connectivity index (χ0) is 16.0. The van der Waals surface area contributed by atoms with Crippen molar-refractivity contribution in [3.63, 3.8) is 0 Å². The summed E-state index contributed by atoms with van der Waals surface area (Å²) in [5, 5.41) is 3.59. The average Bonchev–Trinajstić information content (AvgIpc) is 2.52. The molecule has 0 bridgehead atoms. The van der Waals surface area contributed by atoms with E-state index in [1.807, 2.05) is 24.3 Å². The number of aryl methyl sites for hydroxylation is 1. The smallest absolute Gasteiger partial charge is 0.390 e. The molecule has 2 aromatic rings. The molecule has 0 amide bonds. The van der Waals surface area contributed by atoms with Gasteiger partial charge in [0.15, 0.2) is 0 Å². The zero-order valence-corrected chi connectivity index (χ0v) is 12.0. The number of alkyl halides is 3. The van der Waals surface area contributed by atoms with Gasteiger partial charge in [-0.2, -0.15) is 13.2 Å². The Bertz CT molecular complexity index is 633. The van der Waals surface area contributed by atoms with Crippen molar-refractivity contribution in [3.8, 4) is 0 Å². The van der Waals surface area contributed by atoms with E-state index in [1.165, 1.54) is 17.7 Å². The summed E-state index contributed by atoms with van der Waals surface area (Å²) < 4.78 is 37.6. The first-order valence-electron chi connectivity index (χ1n) is 6.82. The molecule has 0 unspecified atom stereocenters. The van der Waals surface area contributed by atoms with Crippen LogP contribution in [0.3, 0.4) is 0 Å². The Balaban J connectivity index is 1.92. The summed E-state index contributed by atoms with van der Waals surface area (Å²) in [7, 11) is 0. The third-order valence-electron chi connectivity index (χ3n) is 3.09. The zero-order valence-electron chi connectivity index (χ0n) is 12.0. The molecule has 2 rings (SSSR count). The number of rotatable bonds is 5. The second kappa shape index (κ2) is 7.11. The molecule has 2 aromatic carbocycles. The van der Waals surface area contributed by atoms with E-state index in [4.69, 9.17) is 4.84 Å². The van der Waals surface area contributed by atoms with Gasteiger partial charge in [0.05, 0.1) is 5.56 Å². The Kier molecular flexibility index (Phi) is 5.20. The molecule has 0 aromatic heterocycles. The van der Waals surface area contributed by atoms with Crippen LogP contribution in [-0.2, 0) is 24.0 Å². The monoisotopic (exact) mass is 306 g/mol. The minimum Gasteiger partial charge on any atom is -0.390 e. The van der Waals surface area contributed by atoms with Gasteiger partial charge >= 0.3 is 6.18 Å². The minimum atomic E-state index is -4.38. The fourth-order valence-electron chi connectivity index (χ4n) is 1.83. The summed E-state index contributed by atoms with van der Waals surface area (Å²) in [6.45, 7) is 2.32. The van der Waals surface area contributed by atoms with E-state index in [9.17, 15) is 13.2 Å². The standard InChI is InChI=1S/C17H15F3NO/c1-2-13-6-8-14(9-7-13)12-22-21-11-15-4-3-5-16(10-15)17(18,19)20/h3-10H,2,12H2,1H3. The van der Waals surface area contributed by atoms with Crippen molar-refractivity contribution in [2.45, 2.75) is 26.1 Å². The molecule has 0 aliphatic heterocycles. The van der Waals surface area contributed by atoms with Crippen molar-refractivity contribution in [2.24, 2.45) is 5.16 Å². The lowest BCUT2D eigenvalue weighted by Gasteiger charge is -2.06. The molecule has 0 spiro atoms. The van der Waals surface area contributed by atoms with Gasteiger partial charge in [0.1, 0.15) is 12.8 Å². The van der Waals surface area contributed by atoms with Gasteiger partial charge in [-0.05, 0) is 29.7 Å². The second-order valence-corrected chi connectivity index (χ2v) is 4.73.